The van der Waals surface area contributed by atoms with Crippen molar-refractivity contribution in [3.05, 3.63) is 0 Å². The molecule has 0 aromatic carbocycles. The van der Waals surface area contributed by atoms with Gasteiger partial charge in [-0.05, 0) is 0 Å². The summed E-state index contributed by atoms with van der Waals surface area (Å²) in [5.41, 5.74) is 0. The second-order valence-corrected chi connectivity index (χ2v) is 0. The molecule has 5 heavy (non-hydrogen) atoms. The summed E-state index contributed by atoms with van der Waals surface area (Å²) in [6.07, 6.45) is 0. The Kier molecular flexibility index (Phi) is 362. The molecule has 0 unspecified atom stereocenters. The van der Waals surface area contributed by atoms with Crippen molar-refractivity contribution in [2.75, 3.05) is 0 Å². The first-order chi connectivity index (χ1) is 0. The molecule has 0 bridgehead atoms. The molecular weight excluding hydrogens is 290 g/mol. The molecule has 0 aliphatic carbocycles. The number of hydrogen-bond donors (Lipinski definition) is 0. The van der Waals surface area contributed by atoms with E-state index in [9.17, 15) is 0 Å². The van der Waals surface area contributed by atoms with Gasteiger partial charge in [-0.15, -0.1) is 0 Å². The van der Waals surface area contributed by atoms with Crippen LogP contribution in [0.1, 0.15) is 0 Å². The van der Waals surface area contributed by atoms with E-state index in [2.05, 4.69) is 0 Å². The Bertz CT molecular complexity index is 9.61. The van der Waals surface area contributed by atoms with Crippen molar-refractivity contribution < 1.29 is 58.9 Å². The maximum atomic E-state index is 0. The third-order valence-electron chi connectivity index (χ3n) is 0. The number of rotatable bonds is 0. The Morgan fingerprint density at radius 2 is 0.800 bits per heavy atom. The van der Waals surface area contributed by atoms with Crippen LogP contribution < -0.4 is 0 Å². The van der Waals surface area contributed by atoms with Crippen LogP contribution >= 0.6 is 0 Å². The third kappa shape index (κ3) is 21.9. The van der Waals surface area contributed by atoms with Crippen LogP contribution in [0.15, 0.2) is 0 Å². The fourth-order valence-corrected chi connectivity index (χ4v) is 0. The summed E-state index contributed by atoms with van der Waals surface area (Å²) in [4.78, 5) is 0. The van der Waals surface area contributed by atoms with Crippen molar-refractivity contribution in [1.82, 2.24) is 0 Å². The van der Waals surface area contributed by atoms with Gasteiger partial charge in [-0.2, -0.15) is 0 Å². The summed E-state index contributed by atoms with van der Waals surface area (Å²) in [5, 5.41) is 0. The van der Waals surface area contributed by atoms with Gasteiger partial charge in [-0.3, -0.25) is 0 Å². The molecule has 0 fully saturated rings. The molecule has 0 rings (SSSR count). The van der Waals surface area contributed by atoms with E-state index in [4.69, 9.17) is 0 Å². The van der Waals surface area contributed by atoms with Crippen LogP contribution in [0.4, 0.5) is 0 Å². The second-order valence-electron chi connectivity index (χ2n) is 0. The molecule has 0 atom stereocenters. The summed E-state index contributed by atoms with van der Waals surface area (Å²) in [7, 11) is 0. The van der Waals surface area contributed by atoms with Gasteiger partial charge >= 0.3 is 0 Å². The van der Waals surface area contributed by atoms with Crippen LogP contribution in [0, 0.1) is 0 Å². The molecule has 0 saturated heterocycles. The summed E-state index contributed by atoms with van der Waals surface area (Å²) in [5.74, 6) is 0. The Balaban J connectivity index is 0. The summed E-state index contributed by atoms with van der Waals surface area (Å²) in [6.45, 7) is 0. The average Bonchev–Trinajstić information content (AvgIpc) is 0. The first kappa shape index (κ1) is 54.4. The van der Waals surface area contributed by atoms with E-state index in [1.807, 2.05) is 0 Å². The topological polar surface area (TPSA) is 63.0 Å². The van der Waals surface area contributed by atoms with Crippen LogP contribution in [0.2, 0.25) is 0 Å². The molecule has 0 saturated carbocycles. The SMILES string of the molecule is O.O.[Sn].[Ti].[Zr]. The Hall–Kier alpha value is 2.32. The van der Waals surface area contributed by atoms with E-state index in [0.29, 0.717) is 0 Å². The van der Waals surface area contributed by atoms with E-state index in [1.54, 1.807) is 0 Å². The Morgan fingerprint density at radius 1 is 0.800 bits per heavy atom. The van der Waals surface area contributed by atoms with Gasteiger partial charge in [0.25, 0.3) is 0 Å². The maximum Gasteiger partial charge on any atom is 0 e. The van der Waals surface area contributed by atoms with Gasteiger partial charge in [0.05, 0.1) is 0 Å². The van der Waals surface area contributed by atoms with Gasteiger partial charge in [0, 0.05) is 71.8 Å². The van der Waals surface area contributed by atoms with Gasteiger partial charge in [0.1, 0.15) is 0 Å². The van der Waals surface area contributed by atoms with Crippen molar-refractivity contribution in [2.45, 2.75) is 0 Å². The quantitative estimate of drug-likeness (QED) is 0.462. The molecule has 5 heteroatoms. The van der Waals surface area contributed by atoms with Gasteiger partial charge in [-0.1, -0.05) is 0 Å². The zero-order valence-electron chi connectivity index (χ0n) is 2.50. The Labute approximate surface area is 81.7 Å². The van der Waals surface area contributed by atoms with E-state index in [0.717, 1.165) is 0 Å². The summed E-state index contributed by atoms with van der Waals surface area (Å²) >= 11 is 0. The smallest absolute Gasteiger partial charge is 0 e. The molecule has 0 aliphatic rings. The fourth-order valence-electron chi connectivity index (χ4n) is 0. The molecule has 0 aliphatic heterocycles. The zero-order valence-corrected chi connectivity index (χ0v) is 9.37. The van der Waals surface area contributed by atoms with Crippen molar-refractivity contribution in [3.8, 4) is 0 Å². The molecule has 4 radical (unpaired) electrons. The maximum absolute atomic E-state index is 0. The van der Waals surface area contributed by atoms with E-state index in [1.165, 1.54) is 0 Å². The molecule has 2 nitrogen and oxygen atoms in total. The van der Waals surface area contributed by atoms with Crippen LogP contribution in [0.3, 0.4) is 0 Å². The molecule has 4 N–H and O–H groups in total. The molecule has 0 spiro atoms. The van der Waals surface area contributed by atoms with Crippen LogP contribution in [-0.4, -0.2) is 34.9 Å². The third-order valence-corrected chi connectivity index (χ3v) is 0. The average molecular weight is 294 g/mol. The van der Waals surface area contributed by atoms with Crippen molar-refractivity contribution in [2.24, 2.45) is 0 Å². The predicted molar refractivity (Wildman–Crippen MR) is 13.0 cm³/mol. The Morgan fingerprint density at radius 3 is 0.800 bits per heavy atom. The van der Waals surface area contributed by atoms with E-state index < -0.39 is 0 Å². The molecule has 0 amide bonds. The van der Waals surface area contributed by atoms with Crippen LogP contribution in [0.25, 0.3) is 0 Å². The minimum Gasteiger partial charge on any atom is -0.412 e. The van der Waals surface area contributed by atoms with Crippen LogP contribution in [-0.2, 0) is 47.9 Å². The molecule has 0 aromatic heterocycles. The standard InChI is InChI=1S/2H2O.Sn.Ti.Zr/h2*1H2;;;. The molecule has 0 heterocycles. The van der Waals surface area contributed by atoms with Gasteiger partial charge < -0.3 is 11.0 Å². The molecule has 28 valence electrons. The van der Waals surface area contributed by atoms with E-state index in [-0.39, 0.29) is 82.8 Å². The molecule has 0 aromatic rings. The van der Waals surface area contributed by atoms with Gasteiger partial charge in [0.15, 0.2) is 0 Å². The minimum atomic E-state index is 0. The first-order valence-corrected chi connectivity index (χ1v) is 0. The first-order valence-electron chi connectivity index (χ1n) is 0. The second kappa shape index (κ2) is 33.3. The monoisotopic (exact) mass is 294 g/mol. The van der Waals surface area contributed by atoms with Crippen LogP contribution in [0.5, 0.6) is 0 Å². The summed E-state index contributed by atoms with van der Waals surface area (Å²) < 4.78 is 0. The normalized spacial score (nSPS) is 0. The van der Waals surface area contributed by atoms with Gasteiger partial charge in [-0.25, -0.2) is 0 Å². The van der Waals surface area contributed by atoms with E-state index >= 15 is 0 Å². The zero-order chi connectivity index (χ0) is 0. The largest absolute Gasteiger partial charge is 0.412 e. The predicted octanol–water partition coefficient (Wildman–Crippen LogP) is -2.04. The summed E-state index contributed by atoms with van der Waals surface area (Å²) in [6, 6.07) is 0. The fraction of sp³-hybridized carbons (Fsp3) is 0. The van der Waals surface area contributed by atoms with Gasteiger partial charge in [0.2, 0.25) is 0 Å². The minimum absolute atomic E-state index is 0. The molecular formula is H4O2SnTiZr. The number of hydrogen-bond acceptors (Lipinski definition) is 0. The van der Waals surface area contributed by atoms with Crippen molar-refractivity contribution in [3.63, 3.8) is 0 Å². The van der Waals surface area contributed by atoms with Crippen molar-refractivity contribution >= 4 is 23.9 Å². The van der Waals surface area contributed by atoms with Crippen molar-refractivity contribution in [1.29, 1.82) is 0 Å².